The number of hydrogen-bond acceptors (Lipinski definition) is 4. The number of para-hydroxylation sites is 1. The van der Waals surface area contributed by atoms with Crippen LogP contribution in [0.2, 0.25) is 0 Å². The van der Waals surface area contributed by atoms with Crippen molar-refractivity contribution in [3.05, 3.63) is 65.1 Å². The first-order chi connectivity index (χ1) is 15.6. The molecule has 32 heavy (non-hydrogen) atoms. The van der Waals surface area contributed by atoms with Crippen LogP contribution < -0.4 is 10.2 Å². The lowest BCUT2D eigenvalue weighted by atomic mass is 10.0. The zero-order valence-electron chi connectivity index (χ0n) is 18.6. The van der Waals surface area contributed by atoms with E-state index in [2.05, 4.69) is 17.1 Å². The van der Waals surface area contributed by atoms with Crippen molar-refractivity contribution in [1.82, 2.24) is 10.2 Å². The van der Waals surface area contributed by atoms with Crippen molar-refractivity contribution in [3.63, 3.8) is 0 Å². The van der Waals surface area contributed by atoms with Crippen molar-refractivity contribution in [1.29, 1.82) is 0 Å². The van der Waals surface area contributed by atoms with Gasteiger partial charge in [0.05, 0.1) is 10.6 Å². The predicted molar refractivity (Wildman–Crippen MR) is 132 cm³/mol. The second-order valence-electron chi connectivity index (χ2n) is 8.46. The number of carbonyl (C=O) groups excluding carboxylic acids is 2. The summed E-state index contributed by atoms with van der Waals surface area (Å²) in [5.41, 5.74) is 1.77. The second kappa shape index (κ2) is 10.8. The fourth-order valence-corrected chi connectivity index (χ4v) is 5.38. The average molecular weight is 450 g/mol. The number of amides is 2. The Kier molecular flexibility index (Phi) is 7.66. The molecule has 5 nitrogen and oxygen atoms in total. The van der Waals surface area contributed by atoms with E-state index in [0.29, 0.717) is 17.5 Å². The molecule has 1 saturated heterocycles. The van der Waals surface area contributed by atoms with Crippen molar-refractivity contribution < 1.29 is 9.59 Å². The van der Waals surface area contributed by atoms with Crippen molar-refractivity contribution >= 4 is 35.3 Å². The number of piperidine rings is 1. The standard InChI is InChI=1S/C26H31N3O2S/c1-20-10-7-8-16-28(20)17-9-15-27-25(30)19-29-22-13-5-6-14-23(22)32-24(26(29)31)18-21-11-3-2-4-12-21/h2-6,11-14,18,20H,7-10,15-17,19H2,1H3,(H,27,30)/b24-18-. The molecule has 168 valence electrons. The minimum Gasteiger partial charge on any atom is -0.355 e. The normalized spacial score (nSPS) is 20.3. The highest BCUT2D eigenvalue weighted by Crippen LogP contribution is 2.41. The summed E-state index contributed by atoms with van der Waals surface area (Å²) in [6, 6.07) is 18.2. The van der Waals surface area contributed by atoms with E-state index < -0.39 is 0 Å². The fourth-order valence-electron chi connectivity index (χ4n) is 4.32. The Bertz CT molecular complexity index is 976. The molecule has 2 aromatic carbocycles. The van der Waals surface area contributed by atoms with E-state index >= 15 is 0 Å². The molecule has 4 rings (SSSR count). The highest BCUT2D eigenvalue weighted by atomic mass is 32.2. The summed E-state index contributed by atoms with van der Waals surface area (Å²) in [5, 5.41) is 3.01. The predicted octanol–water partition coefficient (Wildman–Crippen LogP) is 4.55. The van der Waals surface area contributed by atoms with Crippen LogP contribution in [-0.4, -0.2) is 48.9 Å². The Morgan fingerprint density at radius 1 is 1.12 bits per heavy atom. The molecule has 0 saturated carbocycles. The van der Waals surface area contributed by atoms with Gasteiger partial charge in [-0.05, 0) is 56.5 Å². The molecule has 0 bridgehead atoms. The molecule has 6 heteroatoms. The highest BCUT2D eigenvalue weighted by Gasteiger charge is 2.30. The van der Waals surface area contributed by atoms with E-state index in [4.69, 9.17) is 0 Å². The van der Waals surface area contributed by atoms with Crippen LogP contribution in [0.15, 0.2) is 64.4 Å². The number of fused-ring (bicyclic) bond motifs is 1. The number of carbonyl (C=O) groups is 2. The quantitative estimate of drug-likeness (QED) is 0.498. The Labute approximate surface area is 194 Å². The van der Waals surface area contributed by atoms with Gasteiger partial charge in [0.1, 0.15) is 6.54 Å². The molecular formula is C26H31N3O2S. The number of likely N-dealkylation sites (tertiary alicyclic amines) is 1. The lowest BCUT2D eigenvalue weighted by Crippen LogP contribution is -2.43. The monoisotopic (exact) mass is 449 g/mol. The number of thioether (sulfide) groups is 1. The van der Waals surface area contributed by atoms with Gasteiger partial charge in [0.15, 0.2) is 0 Å². The summed E-state index contributed by atoms with van der Waals surface area (Å²) >= 11 is 1.46. The lowest BCUT2D eigenvalue weighted by Gasteiger charge is -2.33. The molecule has 1 unspecified atom stereocenters. The minimum absolute atomic E-state index is 0.0304. The summed E-state index contributed by atoms with van der Waals surface area (Å²) in [5.74, 6) is -0.249. The second-order valence-corrected chi connectivity index (χ2v) is 9.55. The van der Waals surface area contributed by atoms with Gasteiger partial charge in [0.25, 0.3) is 5.91 Å². The van der Waals surface area contributed by atoms with Crippen LogP contribution >= 0.6 is 11.8 Å². The molecule has 0 aliphatic carbocycles. The Morgan fingerprint density at radius 3 is 2.72 bits per heavy atom. The SMILES string of the molecule is CC1CCCCN1CCCNC(=O)CN1C(=O)/C(=C/c2ccccc2)Sc2ccccc21. The molecular weight excluding hydrogens is 418 g/mol. The van der Waals surface area contributed by atoms with Crippen molar-refractivity contribution in [2.45, 2.75) is 43.5 Å². The Morgan fingerprint density at radius 2 is 1.91 bits per heavy atom. The van der Waals surface area contributed by atoms with E-state index in [1.807, 2.05) is 60.7 Å². The number of nitrogens with zero attached hydrogens (tertiary/aromatic N) is 2. The maximum Gasteiger partial charge on any atom is 0.265 e. The molecule has 2 aromatic rings. The van der Waals surface area contributed by atoms with E-state index in [-0.39, 0.29) is 18.4 Å². The number of hydrogen-bond donors (Lipinski definition) is 1. The molecule has 2 amide bonds. The Balaban J connectivity index is 1.38. The maximum absolute atomic E-state index is 13.3. The molecule has 2 aliphatic rings. The topological polar surface area (TPSA) is 52.7 Å². The van der Waals surface area contributed by atoms with Crippen LogP contribution in [0.5, 0.6) is 0 Å². The summed E-state index contributed by atoms with van der Waals surface area (Å²) < 4.78 is 0. The van der Waals surface area contributed by atoms with Gasteiger partial charge in [-0.2, -0.15) is 0 Å². The molecule has 1 fully saturated rings. The van der Waals surface area contributed by atoms with Crippen molar-refractivity contribution in [3.8, 4) is 0 Å². The first kappa shape index (κ1) is 22.6. The van der Waals surface area contributed by atoms with Crippen LogP contribution in [0.4, 0.5) is 5.69 Å². The van der Waals surface area contributed by atoms with Gasteiger partial charge >= 0.3 is 0 Å². The highest BCUT2D eigenvalue weighted by molar-refractivity contribution is 8.04. The first-order valence-electron chi connectivity index (χ1n) is 11.5. The van der Waals surface area contributed by atoms with Crippen LogP contribution in [-0.2, 0) is 9.59 Å². The summed E-state index contributed by atoms with van der Waals surface area (Å²) in [4.78, 5) is 31.7. The van der Waals surface area contributed by atoms with E-state index in [1.54, 1.807) is 4.90 Å². The molecule has 0 radical (unpaired) electrons. The third-order valence-electron chi connectivity index (χ3n) is 6.12. The summed E-state index contributed by atoms with van der Waals surface area (Å²) in [6.07, 6.45) is 6.67. The van der Waals surface area contributed by atoms with E-state index in [9.17, 15) is 9.59 Å². The van der Waals surface area contributed by atoms with Gasteiger partial charge in [-0.25, -0.2) is 0 Å². The third-order valence-corrected chi connectivity index (χ3v) is 7.19. The zero-order chi connectivity index (χ0) is 22.3. The van der Waals surface area contributed by atoms with E-state index in [1.165, 1.54) is 31.0 Å². The largest absolute Gasteiger partial charge is 0.355 e. The van der Waals surface area contributed by atoms with E-state index in [0.717, 1.165) is 35.7 Å². The van der Waals surface area contributed by atoms with Crippen LogP contribution in [0.25, 0.3) is 6.08 Å². The number of nitrogens with one attached hydrogen (secondary N) is 1. The van der Waals surface area contributed by atoms with Gasteiger partial charge in [-0.3, -0.25) is 14.5 Å². The molecule has 0 spiro atoms. The number of rotatable bonds is 7. The van der Waals surface area contributed by atoms with Crippen LogP contribution in [0, 0.1) is 0 Å². The lowest BCUT2D eigenvalue weighted by molar-refractivity contribution is -0.122. The van der Waals surface area contributed by atoms with Gasteiger partial charge in [-0.15, -0.1) is 0 Å². The van der Waals surface area contributed by atoms with Gasteiger partial charge in [-0.1, -0.05) is 60.6 Å². The molecule has 2 heterocycles. The third kappa shape index (κ3) is 5.61. The average Bonchev–Trinajstić information content (AvgIpc) is 2.81. The van der Waals surface area contributed by atoms with Crippen molar-refractivity contribution in [2.75, 3.05) is 31.1 Å². The van der Waals surface area contributed by atoms with Gasteiger partial charge in [0.2, 0.25) is 5.91 Å². The van der Waals surface area contributed by atoms with Crippen LogP contribution in [0.3, 0.4) is 0 Å². The van der Waals surface area contributed by atoms with Crippen LogP contribution in [0.1, 0.15) is 38.2 Å². The summed E-state index contributed by atoms with van der Waals surface area (Å²) in [7, 11) is 0. The molecule has 1 N–H and O–H groups in total. The van der Waals surface area contributed by atoms with Crippen molar-refractivity contribution in [2.24, 2.45) is 0 Å². The number of anilines is 1. The van der Waals surface area contributed by atoms with Gasteiger partial charge < -0.3 is 10.2 Å². The zero-order valence-corrected chi connectivity index (χ0v) is 19.4. The molecule has 2 aliphatic heterocycles. The molecule has 1 atom stereocenters. The minimum atomic E-state index is -0.130. The smallest absolute Gasteiger partial charge is 0.265 e. The first-order valence-corrected chi connectivity index (χ1v) is 12.3. The maximum atomic E-state index is 13.3. The number of benzene rings is 2. The molecule has 0 aromatic heterocycles. The fraction of sp³-hybridized carbons (Fsp3) is 0.385. The summed E-state index contributed by atoms with van der Waals surface area (Å²) in [6.45, 7) is 5.11. The Hall–Kier alpha value is -2.57. The van der Waals surface area contributed by atoms with Gasteiger partial charge in [0, 0.05) is 24.0 Å².